The first-order valence-electron chi connectivity index (χ1n) is 4.94. The summed E-state index contributed by atoms with van der Waals surface area (Å²) in [5, 5.41) is 9.89. The molecule has 2 aromatic rings. The Morgan fingerprint density at radius 2 is 1.94 bits per heavy atom. The summed E-state index contributed by atoms with van der Waals surface area (Å²) < 4.78 is 18.2. The smallest absolute Gasteiger partial charge is 0.164 e. The van der Waals surface area contributed by atoms with E-state index < -0.39 is 11.6 Å². The van der Waals surface area contributed by atoms with Gasteiger partial charge in [-0.1, -0.05) is 17.7 Å². The first-order valence-corrected chi connectivity index (χ1v) is 5.32. The molecule has 0 atom stereocenters. The van der Waals surface area contributed by atoms with Gasteiger partial charge in [-0.05, 0) is 35.9 Å². The zero-order valence-corrected chi connectivity index (χ0v) is 9.83. The van der Waals surface area contributed by atoms with Crippen molar-refractivity contribution in [1.29, 1.82) is 0 Å². The maximum atomic E-state index is 13.0. The number of rotatable bonds is 2. The van der Waals surface area contributed by atoms with Crippen LogP contribution in [0.25, 0.3) is 11.1 Å². The van der Waals surface area contributed by atoms with Crippen molar-refractivity contribution in [3.63, 3.8) is 0 Å². The van der Waals surface area contributed by atoms with Crippen LogP contribution in [0.5, 0.6) is 11.5 Å². The van der Waals surface area contributed by atoms with Gasteiger partial charge in [-0.3, -0.25) is 0 Å². The number of aromatic hydroxyl groups is 1. The minimum atomic E-state index is -0.658. The second kappa shape index (κ2) is 4.63. The Kier molecular flexibility index (Phi) is 3.20. The van der Waals surface area contributed by atoms with Crippen LogP contribution in [-0.4, -0.2) is 12.2 Å². The number of hydrogen-bond donors (Lipinski definition) is 1. The highest BCUT2D eigenvalue weighted by molar-refractivity contribution is 6.31. The molecule has 1 N–H and O–H groups in total. The summed E-state index contributed by atoms with van der Waals surface area (Å²) in [7, 11) is 1.54. The van der Waals surface area contributed by atoms with Crippen LogP contribution in [0.2, 0.25) is 5.02 Å². The average molecular weight is 253 g/mol. The molecule has 4 heteroatoms. The lowest BCUT2D eigenvalue weighted by atomic mass is 10.0. The molecule has 0 amide bonds. The monoisotopic (exact) mass is 252 g/mol. The predicted octanol–water partition coefficient (Wildman–Crippen LogP) is 3.86. The largest absolute Gasteiger partial charge is 0.505 e. The highest BCUT2D eigenvalue weighted by Crippen LogP contribution is 2.34. The van der Waals surface area contributed by atoms with Crippen molar-refractivity contribution in [3.8, 4) is 22.6 Å². The molecule has 2 rings (SSSR count). The average Bonchev–Trinajstić information content (AvgIpc) is 2.32. The lowest BCUT2D eigenvalue weighted by Gasteiger charge is -2.09. The van der Waals surface area contributed by atoms with Crippen LogP contribution in [0.1, 0.15) is 0 Å². The van der Waals surface area contributed by atoms with Gasteiger partial charge in [0.25, 0.3) is 0 Å². The maximum absolute atomic E-state index is 13.0. The highest BCUT2D eigenvalue weighted by Gasteiger charge is 2.09. The topological polar surface area (TPSA) is 29.5 Å². The van der Waals surface area contributed by atoms with E-state index in [1.807, 2.05) is 0 Å². The fourth-order valence-corrected chi connectivity index (χ4v) is 1.76. The van der Waals surface area contributed by atoms with Crippen LogP contribution < -0.4 is 4.74 Å². The summed E-state index contributed by atoms with van der Waals surface area (Å²) in [6.07, 6.45) is 0. The number of hydrogen-bond acceptors (Lipinski definition) is 2. The zero-order chi connectivity index (χ0) is 12.4. The summed E-state index contributed by atoms with van der Waals surface area (Å²) >= 11 is 5.90. The SMILES string of the molecule is COc1ccc(Cl)cc1-c1ccc(F)c(O)c1. The molecule has 88 valence electrons. The van der Waals surface area contributed by atoms with Crippen LogP contribution >= 0.6 is 11.6 Å². The first-order chi connectivity index (χ1) is 8.11. The Morgan fingerprint density at radius 1 is 1.18 bits per heavy atom. The Labute approximate surface area is 103 Å². The molecule has 2 aromatic carbocycles. The van der Waals surface area contributed by atoms with Gasteiger partial charge in [-0.15, -0.1) is 0 Å². The summed E-state index contributed by atoms with van der Waals surface area (Å²) in [5.74, 6) is -0.445. The third-order valence-electron chi connectivity index (χ3n) is 2.42. The Hall–Kier alpha value is -1.74. The number of methoxy groups -OCH3 is 1. The van der Waals surface area contributed by atoms with Crippen molar-refractivity contribution in [2.75, 3.05) is 7.11 Å². The van der Waals surface area contributed by atoms with Gasteiger partial charge in [0.1, 0.15) is 5.75 Å². The molecule has 0 saturated heterocycles. The zero-order valence-electron chi connectivity index (χ0n) is 9.08. The fourth-order valence-electron chi connectivity index (χ4n) is 1.59. The van der Waals surface area contributed by atoms with E-state index in [2.05, 4.69) is 0 Å². The third kappa shape index (κ3) is 2.34. The molecular weight excluding hydrogens is 243 g/mol. The van der Waals surface area contributed by atoms with E-state index >= 15 is 0 Å². The molecule has 0 heterocycles. The van der Waals surface area contributed by atoms with E-state index in [1.54, 1.807) is 24.3 Å². The van der Waals surface area contributed by atoms with Crippen molar-refractivity contribution in [3.05, 3.63) is 47.2 Å². The van der Waals surface area contributed by atoms with Crippen molar-refractivity contribution in [1.82, 2.24) is 0 Å². The van der Waals surface area contributed by atoms with Crippen LogP contribution in [0, 0.1) is 5.82 Å². The van der Waals surface area contributed by atoms with E-state index in [0.29, 0.717) is 21.9 Å². The van der Waals surface area contributed by atoms with Gasteiger partial charge in [0, 0.05) is 10.6 Å². The van der Waals surface area contributed by atoms with Gasteiger partial charge in [-0.2, -0.15) is 0 Å². The molecular formula is C13H10ClFO2. The highest BCUT2D eigenvalue weighted by atomic mass is 35.5. The molecule has 0 radical (unpaired) electrons. The summed E-state index contributed by atoms with van der Waals surface area (Å²) in [4.78, 5) is 0. The van der Waals surface area contributed by atoms with E-state index in [9.17, 15) is 9.50 Å². The number of benzene rings is 2. The van der Waals surface area contributed by atoms with Gasteiger partial charge in [0.05, 0.1) is 7.11 Å². The molecule has 0 saturated carbocycles. The maximum Gasteiger partial charge on any atom is 0.164 e. The summed E-state index contributed by atoms with van der Waals surface area (Å²) in [6.45, 7) is 0. The molecule has 0 fully saturated rings. The molecule has 0 bridgehead atoms. The lowest BCUT2D eigenvalue weighted by molar-refractivity contribution is 0.416. The van der Waals surface area contributed by atoms with E-state index in [0.717, 1.165) is 0 Å². The Bertz CT molecular complexity index is 555. The number of phenolic OH excluding ortho intramolecular Hbond substituents is 1. The van der Waals surface area contributed by atoms with Crippen LogP contribution in [0.3, 0.4) is 0 Å². The number of ether oxygens (including phenoxy) is 1. The van der Waals surface area contributed by atoms with E-state index in [4.69, 9.17) is 16.3 Å². The molecule has 0 spiro atoms. The number of phenols is 1. The molecule has 2 nitrogen and oxygen atoms in total. The van der Waals surface area contributed by atoms with E-state index in [1.165, 1.54) is 19.2 Å². The van der Waals surface area contributed by atoms with Gasteiger partial charge < -0.3 is 9.84 Å². The van der Waals surface area contributed by atoms with Crippen molar-refractivity contribution in [2.24, 2.45) is 0 Å². The van der Waals surface area contributed by atoms with Crippen LogP contribution in [0.15, 0.2) is 36.4 Å². The first kappa shape index (κ1) is 11.7. The summed E-state index contributed by atoms with van der Waals surface area (Å²) in [5.41, 5.74) is 1.35. The quantitative estimate of drug-likeness (QED) is 0.879. The second-order valence-corrected chi connectivity index (χ2v) is 3.95. The van der Waals surface area contributed by atoms with Crippen molar-refractivity contribution in [2.45, 2.75) is 0 Å². The van der Waals surface area contributed by atoms with E-state index in [-0.39, 0.29) is 0 Å². The lowest BCUT2D eigenvalue weighted by Crippen LogP contribution is -1.88. The fraction of sp³-hybridized carbons (Fsp3) is 0.0769. The van der Waals surface area contributed by atoms with Gasteiger partial charge in [0.2, 0.25) is 0 Å². The van der Waals surface area contributed by atoms with Gasteiger partial charge in [-0.25, -0.2) is 4.39 Å². The standard InChI is InChI=1S/C13H10ClFO2/c1-17-13-5-3-9(14)7-10(13)8-2-4-11(15)12(16)6-8/h2-7,16H,1H3. The molecule has 0 aliphatic carbocycles. The molecule has 0 aliphatic rings. The van der Waals surface area contributed by atoms with Gasteiger partial charge in [0.15, 0.2) is 11.6 Å². The molecule has 0 aromatic heterocycles. The molecule has 0 unspecified atom stereocenters. The minimum absolute atomic E-state index is 0.399. The normalized spacial score (nSPS) is 10.3. The number of halogens is 2. The Balaban J connectivity index is 2.58. The van der Waals surface area contributed by atoms with Crippen LogP contribution in [-0.2, 0) is 0 Å². The van der Waals surface area contributed by atoms with Crippen LogP contribution in [0.4, 0.5) is 4.39 Å². The van der Waals surface area contributed by atoms with Crippen molar-refractivity contribution >= 4 is 11.6 Å². The Morgan fingerprint density at radius 3 is 2.59 bits per heavy atom. The molecule has 0 aliphatic heterocycles. The molecule has 17 heavy (non-hydrogen) atoms. The van der Waals surface area contributed by atoms with Gasteiger partial charge >= 0.3 is 0 Å². The predicted molar refractivity (Wildman–Crippen MR) is 65.1 cm³/mol. The second-order valence-electron chi connectivity index (χ2n) is 3.51. The van der Waals surface area contributed by atoms with Crippen molar-refractivity contribution < 1.29 is 14.2 Å². The minimum Gasteiger partial charge on any atom is -0.505 e. The third-order valence-corrected chi connectivity index (χ3v) is 2.65. The summed E-state index contributed by atoms with van der Waals surface area (Å²) in [6, 6.07) is 9.22.